The normalized spacial score (nSPS) is 11.9. The maximum Gasteiger partial charge on any atom is 0.287 e. The first-order chi connectivity index (χ1) is 13.6. The first-order valence-corrected chi connectivity index (χ1v) is 9.13. The van der Waals surface area contributed by atoms with Gasteiger partial charge in [0.25, 0.3) is 5.91 Å². The van der Waals surface area contributed by atoms with E-state index in [1.807, 2.05) is 24.3 Å². The maximum absolute atomic E-state index is 12.4. The molecule has 0 aliphatic heterocycles. The van der Waals surface area contributed by atoms with E-state index in [1.165, 1.54) is 5.56 Å². The molecule has 1 atom stereocenters. The largest absolute Gasteiger partial charge is 0.497 e. The van der Waals surface area contributed by atoms with Crippen molar-refractivity contribution in [1.82, 2.24) is 5.32 Å². The predicted octanol–water partition coefficient (Wildman–Crippen LogP) is 3.52. The third kappa shape index (κ3) is 4.58. The molecule has 6 heteroatoms. The molecule has 0 radical (unpaired) electrons. The number of aldehydes is 1. The minimum absolute atomic E-state index is 0.0847. The van der Waals surface area contributed by atoms with E-state index in [0.29, 0.717) is 24.2 Å². The Morgan fingerprint density at radius 3 is 2.68 bits per heavy atom. The van der Waals surface area contributed by atoms with Gasteiger partial charge in [0, 0.05) is 5.39 Å². The molecule has 1 heterocycles. The number of furan rings is 1. The quantitative estimate of drug-likeness (QED) is 0.574. The third-order valence-corrected chi connectivity index (χ3v) is 4.48. The van der Waals surface area contributed by atoms with Crippen LogP contribution in [0.2, 0.25) is 0 Å². The molecule has 3 aromatic rings. The van der Waals surface area contributed by atoms with Gasteiger partial charge >= 0.3 is 0 Å². The second kappa shape index (κ2) is 9.19. The van der Waals surface area contributed by atoms with E-state index in [0.717, 1.165) is 17.4 Å². The molecule has 1 N–H and O–H groups in total. The summed E-state index contributed by atoms with van der Waals surface area (Å²) < 4.78 is 16.4. The molecule has 146 valence electrons. The lowest BCUT2D eigenvalue weighted by molar-refractivity contribution is -0.110. The van der Waals surface area contributed by atoms with Crippen LogP contribution in [0.25, 0.3) is 11.0 Å². The molecule has 0 saturated heterocycles. The van der Waals surface area contributed by atoms with Gasteiger partial charge in [-0.1, -0.05) is 31.2 Å². The van der Waals surface area contributed by atoms with Crippen molar-refractivity contribution in [3.8, 4) is 5.75 Å². The molecule has 2 aromatic carbocycles. The molecule has 1 amide bonds. The third-order valence-electron chi connectivity index (χ3n) is 4.48. The molecule has 0 aliphatic carbocycles. The fraction of sp³-hybridized carbons (Fsp3) is 0.273. The van der Waals surface area contributed by atoms with Crippen LogP contribution in [-0.2, 0) is 22.6 Å². The van der Waals surface area contributed by atoms with E-state index < -0.39 is 11.9 Å². The second-order valence-electron chi connectivity index (χ2n) is 6.37. The van der Waals surface area contributed by atoms with E-state index in [9.17, 15) is 9.59 Å². The summed E-state index contributed by atoms with van der Waals surface area (Å²) in [5, 5.41) is 3.38. The number of rotatable bonds is 9. The Morgan fingerprint density at radius 1 is 1.18 bits per heavy atom. The predicted molar refractivity (Wildman–Crippen MR) is 106 cm³/mol. The number of hydrogen-bond donors (Lipinski definition) is 1. The van der Waals surface area contributed by atoms with Gasteiger partial charge in [-0.3, -0.25) is 4.79 Å². The highest BCUT2D eigenvalue weighted by molar-refractivity contribution is 5.97. The van der Waals surface area contributed by atoms with Crippen LogP contribution >= 0.6 is 0 Å². The van der Waals surface area contributed by atoms with Crippen molar-refractivity contribution in [3.05, 3.63) is 65.4 Å². The molecular formula is C22H23NO5. The van der Waals surface area contributed by atoms with Gasteiger partial charge in [-0.15, -0.1) is 0 Å². The highest BCUT2D eigenvalue weighted by Crippen LogP contribution is 2.24. The van der Waals surface area contributed by atoms with Crippen molar-refractivity contribution in [2.75, 3.05) is 13.7 Å². The minimum atomic E-state index is -0.760. The average molecular weight is 381 g/mol. The minimum Gasteiger partial charge on any atom is -0.497 e. The highest BCUT2D eigenvalue weighted by atomic mass is 16.5. The van der Waals surface area contributed by atoms with Crippen molar-refractivity contribution in [3.63, 3.8) is 0 Å². The van der Waals surface area contributed by atoms with Gasteiger partial charge < -0.3 is 24.0 Å². The number of ether oxygens (including phenoxy) is 2. The summed E-state index contributed by atoms with van der Waals surface area (Å²) in [4.78, 5) is 23.8. The summed E-state index contributed by atoms with van der Waals surface area (Å²) in [6.45, 7) is 2.55. The Morgan fingerprint density at radius 2 is 1.96 bits per heavy atom. The smallest absolute Gasteiger partial charge is 0.287 e. The Hall–Kier alpha value is -3.12. The zero-order valence-corrected chi connectivity index (χ0v) is 15.9. The molecule has 0 fully saturated rings. The van der Waals surface area contributed by atoms with Crippen LogP contribution in [0.15, 0.2) is 52.9 Å². The average Bonchev–Trinajstić information content (AvgIpc) is 3.16. The standard InChI is InChI=1S/C22H23NO5/c1-3-15-6-4-5-7-16(15)13-27-14-18(12-24)23-22(25)21-11-17-10-19(26-2)8-9-20(17)28-21/h4-12,18H,3,13-14H2,1-2H3,(H,23,25)/t18-/m1/s1. The second-order valence-corrected chi connectivity index (χ2v) is 6.37. The number of carbonyl (C=O) groups is 2. The van der Waals surface area contributed by atoms with Crippen LogP contribution in [0.3, 0.4) is 0 Å². The number of methoxy groups -OCH3 is 1. The van der Waals surface area contributed by atoms with Gasteiger partial charge in [-0.05, 0) is 41.8 Å². The summed E-state index contributed by atoms with van der Waals surface area (Å²) in [6.07, 6.45) is 1.57. The van der Waals surface area contributed by atoms with E-state index in [1.54, 1.807) is 31.4 Å². The lowest BCUT2D eigenvalue weighted by Gasteiger charge is -2.13. The molecule has 0 saturated carbocycles. The van der Waals surface area contributed by atoms with E-state index in [-0.39, 0.29) is 12.4 Å². The number of amides is 1. The summed E-state index contributed by atoms with van der Waals surface area (Å²) in [7, 11) is 1.57. The van der Waals surface area contributed by atoms with Crippen molar-refractivity contribution in [1.29, 1.82) is 0 Å². The van der Waals surface area contributed by atoms with Crippen LogP contribution in [0.5, 0.6) is 5.75 Å². The van der Waals surface area contributed by atoms with Gasteiger partial charge in [-0.2, -0.15) is 0 Å². The van der Waals surface area contributed by atoms with Crippen LogP contribution in [0.4, 0.5) is 0 Å². The van der Waals surface area contributed by atoms with Gasteiger partial charge in [0.1, 0.15) is 23.7 Å². The molecule has 28 heavy (non-hydrogen) atoms. The fourth-order valence-electron chi connectivity index (χ4n) is 2.95. The van der Waals surface area contributed by atoms with Gasteiger partial charge in [0.05, 0.1) is 20.3 Å². The summed E-state index contributed by atoms with van der Waals surface area (Å²) in [6, 6.07) is 14.1. The van der Waals surface area contributed by atoms with Gasteiger partial charge in [0.15, 0.2) is 5.76 Å². The molecule has 0 unspecified atom stereocenters. The van der Waals surface area contributed by atoms with Gasteiger partial charge in [0.2, 0.25) is 0 Å². The molecule has 0 aliphatic rings. The van der Waals surface area contributed by atoms with E-state index in [2.05, 4.69) is 12.2 Å². The van der Waals surface area contributed by atoms with Crippen LogP contribution < -0.4 is 10.1 Å². The Kier molecular flexibility index (Phi) is 6.45. The number of hydrogen-bond acceptors (Lipinski definition) is 5. The summed E-state index contributed by atoms with van der Waals surface area (Å²) >= 11 is 0. The van der Waals surface area contributed by atoms with E-state index >= 15 is 0 Å². The lowest BCUT2D eigenvalue weighted by Crippen LogP contribution is -2.39. The number of carbonyl (C=O) groups excluding carboxylic acids is 2. The van der Waals surface area contributed by atoms with E-state index in [4.69, 9.17) is 13.9 Å². The highest BCUT2D eigenvalue weighted by Gasteiger charge is 2.17. The van der Waals surface area contributed by atoms with Gasteiger partial charge in [-0.25, -0.2) is 0 Å². The van der Waals surface area contributed by atoms with Crippen LogP contribution in [0.1, 0.15) is 28.6 Å². The number of benzene rings is 2. The first kappa shape index (κ1) is 19.6. The first-order valence-electron chi connectivity index (χ1n) is 9.13. The lowest BCUT2D eigenvalue weighted by atomic mass is 10.1. The molecule has 3 rings (SSSR count). The monoisotopic (exact) mass is 381 g/mol. The molecule has 6 nitrogen and oxygen atoms in total. The number of nitrogens with one attached hydrogen (secondary N) is 1. The number of aryl methyl sites for hydroxylation is 1. The fourth-order valence-corrected chi connectivity index (χ4v) is 2.95. The number of fused-ring (bicyclic) bond motifs is 1. The Bertz CT molecular complexity index is 962. The summed E-state index contributed by atoms with van der Waals surface area (Å²) in [5.41, 5.74) is 2.85. The molecule has 0 spiro atoms. The van der Waals surface area contributed by atoms with Crippen LogP contribution in [-0.4, -0.2) is 32.0 Å². The van der Waals surface area contributed by atoms with Crippen molar-refractivity contribution in [2.45, 2.75) is 26.0 Å². The molecule has 1 aromatic heterocycles. The SMILES string of the molecule is CCc1ccccc1COC[C@@H](C=O)NC(=O)c1cc2cc(OC)ccc2o1. The Balaban J connectivity index is 1.59. The van der Waals surface area contributed by atoms with Crippen molar-refractivity contribution >= 4 is 23.2 Å². The van der Waals surface area contributed by atoms with Crippen LogP contribution in [0, 0.1) is 0 Å². The zero-order valence-electron chi connectivity index (χ0n) is 15.9. The topological polar surface area (TPSA) is 77.8 Å². The van der Waals surface area contributed by atoms with Crippen molar-refractivity contribution in [2.24, 2.45) is 0 Å². The molecule has 0 bridgehead atoms. The Labute approximate surface area is 163 Å². The molecular weight excluding hydrogens is 358 g/mol. The summed E-state index contributed by atoms with van der Waals surface area (Å²) in [5.74, 6) is 0.336. The van der Waals surface area contributed by atoms with Crippen molar-refractivity contribution < 1.29 is 23.5 Å². The maximum atomic E-state index is 12.4. The zero-order chi connectivity index (χ0) is 19.9.